The zero-order valence-electron chi connectivity index (χ0n) is 9.97. The molecule has 0 aliphatic heterocycles. The van der Waals surface area contributed by atoms with Gasteiger partial charge in [0.2, 0.25) is 0 Å². The Hall–Kier alpha value is 1.15. The summed E-state index contributed by atoms with van der Waals surface area (Å²) in [4.78, 5) is 2.04. The normalized spacial score (nSPS) is 10.7. The van der Waals surface area contributed by atoms with Gasteiger partial charge in [0.1, 0.15) is 4.32 Å². The summed E-state index contributed by atoms with van der Waals surface area (Å²) in [6.45, 7) is 5.77. The zero-order chi connectivity index (χ0) is 11.9. The van der Waals surface area contributed by atoms with Crippen molar-refractivity contribution in [1.82, 2.24) is 4.90 Å². The smallest absolute Gasteiger partial charge is 0.264 e. The molecule has 4 nitrogen and oxygen atoms in total. The van der Waals surface area contributed by atoms with Gasteiger partial charge in [-0.05, 0) is 20.3 Å². The van der Waals surface area contributed by atoms with Crippen LogP contribution in [-0.2, 0) is 10.1 Å². The predicted molar refractivity (Wildman–Crippen MR) is 74.8 cm³/mol. The molecule has 91 valence electrons. The van der Waals surface area contributed by atoms with Gasteiger partial charge in [0.05, 0.1) is 5.75 Å². The third-order valence-electron chi connectivity index (χ3n) is 1.79. The van der Waals surface area contributed by atoms with E-state index in [4.69, 9.17) is 16.8 Å². The van der Waals surface area contributed by atoms with E-state index < -0.39 is 10.1 Å². The molecule has 0 unspecified atom stereocenters. The average molecular weight is 294 g/mol. The minimum absolute atomic E-state index is 0. The van der Waals surface area contributed by atoms with E-state index in [1.807, 2.05) is 18.7 Å². The molecule has 0 aliphatic rings. The van der Waals surface area contributed by atoms with E-state index in [2.05, 4.69) is 0 Å². The summed E-state index contributed by atoms with van der Waals surface area (Å²) in [5, 5.41) is 0. The van der Waals surface area contributed by atoms with Gasteiger partial charge in [0, 0.05) is 48.4 Å². The van der Waals surface area contributed by atoms with E-state index in [0.29, 0.717) is 12.2 Å². The fraction of sp³-hybridized carbons (Fsp3) is 0.875. The molecule has 8 heteroatoms. The molecular formula is C8H17NNaO3S3. The maximum absolute atomic E-state index is 10.4. The number of hydrogen-bond donors (Lipinski definition) is 1. The van der Waals surface area contributed by atoms with Crippen molar-refractivity contribution in [3.05, 3.63) is 0 Å². The van der Waals surface area contributed by atoms with Gasteiger partial charge < -0.3 is 4.90 Å². The van der Waals surface area contributed by atoms with Gasteiger partial charge in [0.15, 0.2) is 0 Å². The van der Waals surface area contributed by atoms with Crippen LogP contribution < -0.4 is 0 Å². The Labute approximate surface area is 130 Å². The first-order chi connectivity index (χ1) is 6.90. The molecule has 0 aliphatic carbocycles. The third kappa shape index (κ3) is 10.3. The molecule has 0 spiro atoms. The SMILES string of the molecule is CCN(CC)C(=S)SCCCS(=O)(=O)O.[Na]. The Morgan fingerprint density at radius 3 is 2.25 bits per heavy atom. The monoisotopic (exact) mass is 294 g/mol. The largest absolute Gasteiger partial charge is 0.358 e. The molecule has 0 aromatic heterocycles. The molecule has 0 rings (SSSR count). The molecule has 0 aromatic carbocycles. The molecular weight excluding hydrogens is 277 g/mol. The van der Waals surface area contributed by atoms with E-state index in [1.165, 1.54) is 11.8 Å². The van der Waals surface area contributed by atoms with E-state index >= 15 is 0 Å². The van der Waals surface area contributed by atoms with Gasteiger partial charge in [-0.3, -0.25) is 4.55 Å². The van der Waals surface area contributed by atoms with E-state index in [0.717, 1.165) is 17.4 Å². The van der Waals surface area contributed by atoms with Crippen LogP contribution in [-0.4, -0.2) is 76.3 Å². The summed E-state index contributed by atoms with van der Waals surface area (Å²) in [6.07, 6.45) is 0.422. The number of nitrogens with zero attached hydrogens (tertiary/aromatic N) is 1. The molecule has 0 bridgehead atoms. The van der Waals surface area contributed by atoms with Crippen molar-refractivity contribution < 1.29 is 13.0 Å². The summed E-state index contributed by atoms with van der Waals surface area (Å²) >= 11 is 6.61. The Morgan fingerprint density at radius 2 is 1.88 bits per heavy atom. The second-order valence-corrected chi connectivity index (χ2v) is 6.23. The van der Waals surface area contributed by atoms with E-state index in [9.17, 15) is 8.42 Å². The summed E-state index contributed by atoms with van der Waals surface area (Å²) in [5.41, 5.74) is 0. The topological polar surface area (TPSA) is 57.6 Å². The molecule has 0 fully saturated rings. The summed E-state index contributed by atoms with van der Waals surface area (Å²) in [6, 6.07) is 0. The molecule has 0 saturated carbocycles. The Kier molecular flexibility index (Phi) is 12.3. The summed E-state index contributed by atoms with van der Waals surface area (Å²) in [5.74, 6) is 0.427. The van der Waals surface area contributed by atoms with Gasteiger partial charge in [-0.25, -0.2) is 0 Å². The molecule has 0 aromatic rings. The molecule has 0 atom stereocenters. The molecule has 1 N–H and O–H groups in total. The Balaban J connectivity index is 0. The maximum atomic E-state index is 10.4. The number of hydrogen-bond acceptors (Lipinski definition) is 4. The molecule has 0 saturated heterocycles. The second kappa shape index (κ2) is 10.1. The second-order valence-electron chi connectivity index (χ2n) is 2.93. The average Bonchev–Trinajstić information content (AvgIpc) is 2.13. The fourth-order valence-corrected chi connectivity index (χ4v) is 3.08. The van der Waals surface area contributed by atoms with E-state index in [-0.39, 0.29) is 35.3 Å². The zero-order valence-corrected chi connectivity index (χ0v) is 14.4. The maximum Gasteiger partial charge on any atom is 0.264 e. The minimum Gasteiger partial charge on any atom is -0.358 e. The Morgan fingerprint density at radius 1 is 1.38 bits per heavy atom. The van der Waals surface area contributed by atoms with Crippen molar-refractivity contribution in [2.45, 2.75) is 20.3 Å². The van der Waals surface area contributed by atoms with Crippen LogP contribution in [0.3, 0.4) is 0 Å². The van der Waals surface area contributed by atoms with Crippen LogP contribution in [0.15, 0.2) is 0 Å². The predicted octanol–water partition coefficient (Wildman–Crippen LogP) is 1.24. The van der Waals surface area contributed by atoms with Gasteiger partial charge in [-0.2, -0.15) is 8.42 Å². The molecule has 0 amide bonds. The van der Waals surface area contributed by atoms with Crippen LogP contribution in [0.2, 0.25) is 0 Å². The molecule has 0 heterocycles. The number of thiocarbonyl (C=S) groups is 1. The van der Waals surface area contributed by atoms with Crippen molar-refractivity contribution in [2.24, 2.45) is 0 Å². The van der Waals surface area contributed by atoms with Crippen molar-refractivity contribution in [3.63, 3.8) is 0 Å². The molecule has 1 radical (unpaired) electrons. The van der Waals surface area contributed by atoms with Gasteiger partial charge in [-0.1, -0.05) is 24.0 Å². The first-order valence-corrected chi connectivity index (χ1v) is 7.77. The van der Waals surface area contributed by atoms with Crippen LogP contribution >= 0.6 is 24.0 Å². The van der Waals surface area contributed by atoms with Crippen LogP contribution in [0.1, 0.15) is 20.3 Å². The number of rotatable bonds is 6. The van der Waals surface area contributed by atoms with Crippen LogP contribution in [0.5, 0.6) is 0 Å². The van der Waals surface area contributed by atoms with Crippen molar-refractivity contribution in [1.29, 1.82) is 0 Å². The van der Waals surface area contributed by atoms with Crippen LogP contribution in [0, 0.1) is 0 Å². The standard InChI is InChI=1S/C8H17NO3S3.Na/c1-3-9(4-2)8(13)14-6-5-7-15(10,11)12;/h3-7H2,1-2H3,(H,10,11,12);. The van der Waals surface area contributed by atoms with E-state index in [1.54, 1.807) is 0 Å². The minimum atomic E-state index is -3.82. The first-order valence-electron chi connectivity index (χ1n) is 4.77. The van der Waals surface area contributed by atoms with Crippen molar-refractivity contribution >= 4 is 68.0 Å². The third-order valence-corrected chi connectivity index (χ3v) is 4.21. The van der Waals surface area contributed by atoms with Crippen LogP contribution in [0.25, 0.3) is 0 Å². The quantitative estimate of drug-likeness (QED) is 0.344. The van der Waals surface area contributed by atoms with Crippen molar-refractivity contribution in [3.8, 4) is 0 Å². The fourth-order valence-electron chi connectivity index (χ4n) is 0.974. The summed E-state index contributed by atoms with van der Waals surface area (Å²) in [7, 11) is -3.82. The van der Waals surface area contributed by atoms with Crippen molar-refractivity contribution in [2.75, 3.05) is 24.6 Å². The summed E-state index contributed by atoms with van der Waals surface area (Å²) < 4.78 is 30.1. The van der Waals surface area contributed by atoms with Gasteiger partial charge in [-0.15, -0.1) is 0 Å². The van der Waals surface area contributed by atoms with Gasteiger partial charge >= 0.3 is 0 Å². The van der Waals surface area contributed by atoms with Gasteiger partial charge in [0.25, 0.3) is 10.1 Å². The number of thioether (sulfide) groups is 1. The first kappa shape index (κ1) is 19.5. The Bertz CT molecular complexity index is 291. The van der Waals surface area contributed by atoms with Crippen LogP contribution in [0.4, 0.5) is 0 Å². The molecule has 16 heavy (non-hydrogen) atoms.